The average molecular weight is 652 g/mol. The molecular weight excluding hydrogens is 606 g/mol. The van der Waals surface area contributed by atoms with Gasteiger partial charge in [-0.25, -0.2) is 9.59 Å². The van der Waals surface area contributed by atoms with Gasteiger partial charge in [0.25, 0.3) is 0 Å². The molecule has 1 aliphatic heterocycles. The summed E-state index contributed by atoms with van der Waals surface area (Å²) in [4.78, 5) is 54.7. The summed E-state index contributed by atoms with van der Waals surface area (Å²) in [5, 5.41) is 5.99. The number of fused-ring (bicyclic) bond motifs is 3. The van der Waals surface area contributed by atoms with Crippen LogP contribution in [0.5, 0.6) is 0 Å². The van der Waals surface area contributed by atoms with E-state index in [2.05, 4.69) is 22.8 Å². The maximum Gasteiger partial charge on any atom is 0.407 e. The van der Waals surface area contributed by atoms with E-state index in [9.17, 15) is 19.2 Å². The Morgan fingerprint density at radius 1 is 0.917 bits per heavy atom. The molecule has 48 heavy (non-hydrogen) atoms. The van der Waals surface area contributed by atoms with Crippen LogP contribution < -0.4 is 10.6 Å². The van der Waals surface area contributed by atoms with Crippen LogP contribution in [0.25, 0.3) is 11.1 Å². The minimum atomic E-state index is -0.931. The predicted octanol–water partition coefficient (Wildman–Crippen LogP) is 6.13. The molecule has 3 atom stereocenters. The number of nitrogens with zero attached hydrogens (tertiary/aromatic N) is 1. The number of allylic oxidation sites excluding steroid dienone is 1. The highest BCUT2D eigenvalue weighted by molar-refractivity contribution is 5.93. The summed E-state index contributed by atoms with van der Waals surface area (Å²) < 4.78 is 11.4. The lowest BCUT2D eigenvalue weighted by molar-refractivity contribution is -0.157. The molecule has 3 aromatic rings. The third-order valence-electron chi connectivity index (χ3n) is 8.76. The van der Waals surface area contributed by atoms with Gasteiger partial charge >= 0.3 is 12.1 Å². The molecule has 0 aromatic heterocycles. The number of carbonyl (C=O) groups excluding carboxylic acids is 4. The fraction of sp³-hybridized carbons (Fsp3) is 0.385. The van der Waals surface area contributed by atoms with Crippen LogP contribution in [0.2, 0.25) is 0 Å². The SMILES string of the molecule is CCC(C)C(NC(=O)OCC1c2ccccc2-c2ccccc21)C(=O)N1C=C(NC(Cc2ccccc2)C(=O)OC(C)(C)C)CC(=O)C1. The van der Waals surface area contributed by atoms with Crippen LogP contribution in [0.15, 0.2) is 90.8 Å². The maximum atomic E-state index is 14.0. The quantitative estimate of drug-likeness (QED) is 0.240. The van der Waals surface area contributed by atoms with Crippen molar-refractivity contribution in [2.24, 2.45) is 5.92 Å². The summed E-state index contributed by atoms with van der Waals surface area (Å²) in [6.45, 7) is 9.18. The van der Waals surface area contributed by atoms with Crippen LogP contribution >= 0.6 is 0 Å². The minimum absolute atomic E-state index is 0.0334. The summed E-state index contributed by atoms with van der Waals surface area (Å²) >= 11 is 0. The number of amides is 2. The van der Waals surface area contributed by atoms with E-state index >= 15 is 0 Å². The van der Waals surface area contributed by atoms with Gasteiger partial charge in [0.05, 0.1) is 6.54 Å². The number of ketones is 1. The number of benzene rings is 3. The standard InChI is InChI=1S/C39H45N3O6/c1-6-25(2)35(41-38(46)47-24-33-31-18-12-10-16-29(31)30-17-11-13-19-32(30)33)36(44)42-22-27(21-28(43)23-42)40-34(37(45)48-39(3,4)5)20-26-14-8-7-9-15-26/h7-19,22,25,33-35,40H,6,20-21,23-24H2,1-5H3,(H,41,46). The van der Waals surface area contributed by atoms with Crippen LogP contribution in [0.3, 0.4) is 0 Å². The monoisotopic (exact) mass is 651 g/mol. The van der Waals surface area contributed by atoms with Gasteiger partial charge < -0.3 is 25.0 Å². The van der Waals surface area contributed by atoms with E-state index < -0.39 is 35.7 Å². The smallest absolute Gasteiger partial charge is 0.407 e. The van der Waals surface area contributed by atoms with Crippen molar-refractivity contribution in [1.82, 2.24) is 15.5 Å². The molecule has 0 bridgehead atoms. The van der Waals surface area contributed by atoms with Crippen molar-refractivity contribution >= 4 is 23.8 Å². The Bertz CT molecular complexity index is 1630. The normalized spacial score (nSPS) is 16.1. The lowest BCUT2D eigenvalue weighted by Gasteiger charge is -2.32. The second-order valence-electron chi connectivity index (χ2n) is 13.6. The first-order valence-corrected chi connectivity index (χ1v) is 16.6. The molecule has 1 heterocycles. The Hall–Kier alpha value is -4.92. The zero-order valence-corrected chi connectivity index (χ0v) is 28.3. The van der Waals surface area contributed by atoms with Gasteiger partial charge in [-0.3, -0.25) is 9.59 Å². The van der Waals surface area contributed by atoms with Crippen molar-refractivity contribution in [3.63, 3.8) is 0 Å². The van der Waals surface area contributed by atoms with Gasteiger partial charge in [-0.15, -0.1) is 0 Å². The zero-order valence-electron chi connectivity index (χ0n) is 28.3. The van der Waals surface area contributed by atoms with Gasteiger partial charge in [0, 0.05) is 30.7 Å². The van der Waals surface area contributed by atoms with E-state index in [4.69, 9.17) is 9.47 Å². The number of esters is 1. The lowest BCUT2D eigenvalue weighted by Crippen LogP contribution is -2.53. The van der Waals surface area contributed by atoms with Gasteiger partial charge in [-0.05, 0) is 54.5 Å². The number of carbonyl (C=O) groups is 4. The Balaban J connectivity index is 1.29. The molecule has 3 unspecified atom stereocenters. The van der Waals surface area contributed by atoms with Crippen LogP contribution in [-0.2, 0) is 30.3 Å². The molecule has 3 aromatic carbocycles. The minimum Gasteiger partial charge on any atom is -0.458 e. The number of nitrogens with one attached hydrogen (secondary N) is 2. The second kappa shape index (κ2) is 14.9. The van der Waals surface area contributed by atoms with E-state index in [1.807, 2.05) is 80.6 Å². The Morgan fingerprint density at radius 2 is 1.52 bits per heavy atom. The third-order valence-corrected chi connectivity index (χ3v) is 8.76. The van der Waals surface area contributed by atoms with Gasteiger partial charge in [0.1, 0.15) is 24.3 Å². The van der Waals surface area contributed by atoms with Crippen molar-refractivity contribution in [3.05, 3.63) is 107 Å². The van der Waals surface area contributed by atoms with Gasteiger partial charge in [0.15, 0.2) is 5.78 Å². The second-order valence-corrected chi connectivity index (χ2v) is 13.6. The summed E-state index contributed by atoms with van der Waals surface area (Å²) in [7, 11) is 0. The number of hydrogen-bond donors (Lipinski definition) is 2. The first-order valence-electron chi connectivity index (χ1n) is 16.6. The summed E-state index contributed by atoms with van der Waals surface area (Å²) in [5.41, 5.74) is 5.07. The summed E-state index contributed by atoms with van der Waals surface area (Å²) in [6, 6.07) is 24.0. The fourth-order valence-corrected chi connectivity index (χ4v) is 6.24. The van der Waals surface area contributed by atoms with Gasteiger partial charge in [-0.2, -0.15) is 0 Å². The lowest BCUT2D eigenvalue weighted by atomic mass is 9.97. The van der Waals surface area contributed by atoms with Crippen LogP contribution in [0.4, 0.5) is 4.79 Å². The molecule has 252 valence electrons. The zero-order chi connectivity index (χ0) is 34.4. The van der Waals surface area contributed by atoms with Crippen LogP contribution in [0.1, 0.15) is 70.1 Å². The van der Waals surface area contributed by atoms with Crippen LogP contribution in [0, 0.1) is 5.92 Å². The molecule has 9 nitrogen and oxygen atoms in total. The number of Topliss-reactive ketones (excluding diaryl/α,β-unsaturated/α-hetero) is 1. The van der Waals surface area contributed by atoms with Crippen molar-refractivity contribution in [2.45, 2.75) is 77.5 Å². The van der Waals surface area contributed by atoms with E-state index in [1.165, 1.54) is 4.90 Å². The average Bonchev–Trinajstić information content (AvgIpc) is 3.38. The molecular formula is C39H45N3O6. The molecule has 0 fully saturated rings. The molecule has 0 saturated heterocycles. The molecule has 1 aliphatic carbocycles. The molecule has 9 heteroatoms. The van der Waals surface area contributed by atoms with Crippen molar-refractivity contribution in [1.29, 1.82) is 0 Å². The van der Waals surface area contributed by atoms with E-state index in [0.29, 0.717) is 18.5 Å². The van der Waals surface area contributed by atoms with E-state index in [0.717, 1.165) is 27.8 Å². The third kappa shape index (κ3) is 8.32. The fourth-order valence-electron chi connectivity index (χ4n) is 6.24. The van der Waals surface area contributed by atoms with Gasteiger partial charge in [0.2, 0.25) is 5.91 Å². The molecule has 2 aliphatic rings. The van der Waals surface area contributed by atoms with Gasteiger partial charge in [-0.1, -0.05) is 99.1 Å². The Kier molecular flexibility index (Phi) is 10.7. The molecule has 5 rings (SSSR count). The number of ether oxygens (including phenoxy) is 2. The molecule has 0 radical (unpaired) electrons. The Morgan fingerprint density at radius 3 is 2.12 bits per heavy atom. The number of alkyl carbamates (subject to hydrolysis) is 1. The van der Waals surface area contributed by atoms with E-state index in [-0.39, 0.29) is 37.2 Å². The van der Waals surface area contributed by atoms with Crippen molar-refractivity contribution < 1.29 is 28.7 Å². The van der Waals surface area contributed by atoms with Crippen molar-refractivity contribution in [2.75, 3.05) is 13.2 Å². The van der Waals surface area contributed by atoms with Crippen molar-refractivity contribution in [3.8, 4) is 11.1 Å². The highest BCUT2D eigenvalue weighted by Gasteiger charge is 2.35. The van der Waals surface area contributed by atoms with E-state index in [1.54, 1.807) is 27.0 Å². The van der Waals surface area contributed by atoms with Crippen LogP contribution in [-0.4, -0.2) is 59.5 Å². The first kappa shape index (κ1) is 34.4. The number of rotatable bonds is 11. The largest absolute Gasteiger partial charge is 0.458 e. The summed E-state index contributed by atoms with van der Waals surface area (Å²) in [5.74, 6) is -1.45. The summed E-state index contributed by atoms with van der Waals surface area (Å²) in [6.07, 6.45) is 1.84. The molecule has 0 spiro atoms. The maximum absolute atomic E-state index is 14.0. The highest BCUT2D eigenvalue weighted by atomic mass is 16.6. The first-order chi connectivity index (χ1) is 22.9. The topological polar surface area (TPSA) is 114 Å². The predicted molar refractivity (Wildman–Crippen MR) is 184 cm³/mol. The molecule has 0 saturated carbocycles. The highest BCUT2D eigenvalue weighted by Crippen LogP contribution is 2.44. The molecule has 2 amide bonds. The Labute approximate surface area is 282 Å². The molecule has 2 N–H and O–H groups in total. The number of hydrogen-bond acceptors (Lipinski definition) is 7.